The van der Waals surface area contributed by atoms with E-state index >= 15 is 0 Å². The minimum Gasteiger partial charge on any atom is -0.493 e. The van der Waals surface area contributed by atoms with E-state index in [4.69, 9.17) is 21.4 Å². The molecule has 47 heavy (non-hydrogen) atoms. The first-order valence-corrected chi connectivity index (χ1v) is 17.3. The zero-order valence-electron chi connectivity index (χ0n) is 26.3. The van der Waals surface area contributed by atoms with Crippen LogP contribution >= 0.6 is 23.4 Å². The molecule has 0 spiro atoms. The van der Waals surface area contributed by atoms with Gasteiger partial charge in [0.1, 0.15) is 17.3 Å². The van der Waals surface area contributed by atoms with Crippen LogP contribution in [0.1, 0.15) is 45.8 Å². The van der Waals surface area contributed by atoms with Crippen molar-refractivity contribution in [2.75, 3.05) is 12.4 Å². The van der Waals surface area contributed by atoms with Gasteiger partial charge >= 0.3 is 5.97 Å². The van der Waals surface area contributed by atoms with Gasteiger partial charge in [-0.1, -0.05) is 23.7 Å². The number of rotatable bonds is 2. The maximum atomic E-state index is 14.3. The minimum atomic E-state index is -0.970. The third-order valence-corrected chi connectivity index (χ3v) is 10.2. The van der Waals surface area contributed by atoms with Crippen molar-refractivity contribution in [1.29, 1.82) is 0 Å². The van der Waals surface area contributed by atoms with E-state index in [1.54, 1.807) is 34.8 Å². The monoisotopic (exact) mass is 671 g/mol. The number of aryl methyl sites for hydroxylation is 6. The highest BCUT2D eigenvalue weighted by Gasteiger charge is 2.26. The average molecular weight is 672 g/mol. The molecule has 1 aliphatic heterocycles. The van der Waals surface area contributed by atoms with Gasteiger partial charge in [-0.05, 0) is 90.8 Å². The number of halogens is 2. The van der Waals surface area contributed by atoms with E-state index in [-0.39, 0.29) is 11.5 Å². The first kappa shape index (κ1) is 31.3. The van der Waals surface area contributed by atoms with E-state index in [1.807, 2.05) is 53.8 Å². The number of thioether (sulfide) groups is 1. The molecule has 3 aromatic heterocycles. The lowest BCUT2D eigenvalue weighted by molar-refractivity contribution is 0.0684. The maximum absolute atomic E-state index is 14.3. The fourth-order valence-electron chi connectivity index (χ4n) is 6.75. The zero-order valence-corrected chi connectivity index (χ0v) is 27.9. The summed E-state index contributed by atoms with van der Waals surface area (Å²) in [5, 5.41) is 22.8. The standard InChI is InChI=1S/C36H35ClFN5O3S/c1-41-20-24(19-39-41)33-31(37)11-10-30-29-5-3-13-46-32-16-22(15-23-17-25(38)7-9-28(23)32)6-8-27-18-26(40-42(27)2)21-47-14-4-12-43(34(30)33)35(29)36(44)45/h7,9-11,15-20H,3-6,8,12-14,21H2,1-2H3,(H,44,45). The molecule has 0 fully saturated rings. The Kier molecular flexibility index (Phi) is 8.72. The summed E-state index contributed by atoms with van der Waals surface area (Å²) in [7, 11) is 3.82. The van der Waals surface area contributed by atoms with Crippen molar-refractivity contribution in [1.82, 2.24) is 24.1 Å². The molecule has 0 atom stereocenters. The van der Waals surface area contributed by atoms with Gasteiger partial charge in [-0.15, -0.1) is 0 Å². The van der Waals surface area contributed by atoms with Gasteiger partial charge in [0, 0.05) is 60.2 Å². The summed E-state index contributed by atoms with van der Waals surface area (Å²) in [6.45, 7) is 0.893. The molecule has 8 nitrogen and oxygen atoms in total. The van der Waals surface area contributed by atoms with Crippen LogP contribution in [-0.4, -0.2) is 47.6 Å². The van der Waals surface area contributed by atoms with Gasteiger partial charge in [-0.3, -0.25) is 9.36 Å². The van der Waals surface area contributed by atoms with Gasteiger partial charge in [0.05, 0.1) is 29.0 Å². The van der Waals surface area contributed by atoms with Crippen LogP contribution in [0.2, 0.25) is 5.02 Å². The molecule has 0 amide bonds. The number of fused-ring (bicyclic) bond motifs is 11. The fraction of sp³-hybridized carbons (Fsp3) is 0.306. The van der Waals surface area contributed by atoms with Gasteiger partial charge in [0.2, 0.25) is 0 Å². The Morgan fingerprint density at radius 1 is 1.04 bits per heavy atom. The van der Waals surface area contributed by atoms with Crippen molar-refractivity contribution in [2.24, 2.45) is 14.1 Å². The van der Waals surface area contributed by atoms with E-state index in [0.29, 0.717) is 36.8 Å². The highest BCUT2D eigenvalue weighted by molar-refractivity contribution is 7.98. The minimum absolute atomic E-state index is 0.282. The Morgan fingerprint density at radius 2 is 1.89 bits per heavy atom. The normalized spacial score (nSPS) is 14.7. The van der Waals surface area contributed by atoms with E-state index in [0.717, 1.165) is 86.1 Å². The number of nitrogens with zero attached hydrogens (tertiary/aromatic N) is 5. The van der Waals surface area contributed by atoms with Crippen LogP contribution in [0, 0.1) is 5.82 Å². The Labute approximate surface area is 281 Å². The first-order valence-electron chi connectivity index (χ1n) is 15.8. The molecule has 0 saturated heterocycles. The molecule has 0 unspecified atom stereocenters. The Bertz CT molecular complexity index is 2130. The number of carboxylic acids is 1. The number of aromatic carboxylic acids is 1. The van der Waals surface area contributed by atoms with E-state index in [2.05, 4.69) is 11.2 Å². The summed E-state index contributed by atoms with van der Waals surface area (Å²) in [6, 6.07) is 14.8. The van der Waals surface area contributed by atoms with Gasteiger partial charge < -0.3 is 14.4 Å². The summed E-state index contributed by atoms with van der Waals surface area (Å²) < 4.78 is 26.3. The third-order valence-electron chi connectivity index (χ3n) is 8.86. The maximum Gasteiger partial charge on any atom is 0.352 e. The molecular weight excluding hydrogens is 637 g/mol. The van der Waals surface area contributed by atoms with Crippen molar-refractivity contribution in [3.63, 3.8) is 0 Å². The molecule has 6 bridgehead atoms. The first-order chi connectivity index (χ1) is 22.8. The molecule has 0 radical (unpaired) electrons. The molecular formula is C36H35ClFN5O3S. The number of carboxylic acid groups (broad SMARTS) is 1. The zero-order chi connectivity index (χ0) is 32.7. The summed E-state index contributed by atoms with van der Waals surface area (Å²) in [5.74, 6) is 1.03. The highest BCUT2D eigenvalue weighted by Crippen LogP contribution is 2.40. The van der Waals surface area contributed by atoms with E-state index < -0.39 is 5.97 Å². The van der Waals surface area contributed by atoms with Crippen molar-refractivity contribution in [2.45, 2.75) is 44.4 Å². The lowest BCUT2D eigenvalue weighted by atomic mass is 10.0. The summed E-state index contributed by atoms with van der Waals surface area (Å²) in [5.41, 5.74) is 6.68. The molecule has 11 heteroatoms. The lowest BCUT2D eigenvalue weighted by Gasteiger charge is -2.13. The molecule has 242 valence electrons. The quantitative estimate of drug-likeness (QED) is 0.202. The lowest BCUT2D eigenvalue weighted by Crippen LogP contribution is -2.12. The van der Waals surface area contributed by atoms with Crippen LogP contribution in [0.15, 0.2) is 60.9 Å². The van der Waals surface area contributed by atoms with Gasteiger partial charge in [-0.25, -0.2) is 9.18 Å². The predicted molar refractivity (Wildman–Crippen MR) is 185 cm³/mol. The Hall–Kier alpha value is -4.28. The van der Waals surface area contributed by atoms with Crippen molar-refractivity contribution in [3.05, 3.63) is 100.0 Å². The second-order valence-corrected chi connectivity index (χ2v) is 13.6. The third kappa shape index (κ3) is 6.24. The van der Waals surface area contributed by atoms with Crippen LogP contribution in [0.25, 0.3) is 32.8 Å². The SMILES string of the molecule is Cn1cc(-c2c(Cl)ccc3c4c(C(=O)O)n(c23)CCCSCc2cc(n(C)n2)CCc2cc(c3ccc(F)cc3c2)OCCC4)cn1. The van der Waals surface area contributed by atoms with E-state index in [1.165, 1.54) is 6.07 Å². The Morgan fingerprint density at radius 3 is 2.70 bits per heavy atom. The molecule has 1 N–H and O–H groups in total. The van der Waals surface area contributed by atoms with Crippen molar-refractivity contribution >= 4 is 51.0 Å². The Balaban J connectivity index is 1.31. The summed E-state index contributed by atoms with van der Waals surface area (Å²) >= 11 is 8.63. The van der Waals surface area contributed by atoms with Gasteiger partial charge in [-0.2, -0.15) is 22.0 Å². The number of benzene rings is 3. The molecule has 0 saturated carbocycles. The summed E-state index contributed by atoms with van der Waals surface area (Å²) in [6.07, 6.45) is 7.09. The number of ether oxygens (including phenoxy) is 1. The largest absolute Gasteiger partial charge is 0.493 e. The van der Waals surface area contributed by atoms with Gasteiger partial charge in [0.25, 0.3) is 0 Å². The van der Waals surface area contributed by atoms with Crippen LogP contribution < -0.4 is 4.74 Å². The van der Waals surface area contributed by atoms with Crippen LogP contribution in [0.3, 0.4) is 0 Å². The number of aromatic nitrogens is 5. The highest BCUT2D eigenvalue weighted by atomic mass is 35.5. The molecule has 4 heterocycles. The molecule has 6 aromatic rings. The van der Waals surface area contributed by atoms with Crippen LogP contribution in [0.4, 0.5) is 4.39 Å². The fourth-order valence-corrected chi connectivity index (χ4v) is 7.84. The van der Waals surface area contributed by atoms with Crippen molar-refractivity contribution < 1.29 is 19.0 Å². The summed E-state index contributed by atoms with van der Waals surface area (Å²) in [4.78, 5) is 13.0. The average Bonchev–Trinajstić information content (AvgIpc) is 3.72. The number of carbonyl (C=O) groups is 1. The number of hydrogen-bond donors (Lipinski definition) is 1. The second-order valence-electron chi connectivity index (χ2n) is 12.1. The molecule has 7 rings (SSSR count). The number of hydrogen-bond acceptors (Lipinski definition) is 5. The topological polar surface area (TPSA) is 87.1 Å². The molecule has 0 aliphatic carbocycles. The predicted octanol–water partition coefficient (Wildman–Crippen LogP) is 7.85. The van der Waals surface area contributed by atoms with Gasteiger partial charge in [0.15, 0.2) is 0 Å². The smallest absolute Gasteiger partial charge is 0.352 e. The van der Waals surface area contributed by atoms with Crippen molar-refractivity contribution in [3.8, 4) is 16.9 Å². The van der Waals surface area contributed by atoms with E-state index in [9.17, 15) is 14.3 Å². The van der Waals surface area contributed by atoms with Crippen LogP contribution in [0.5, 0.6) is 5.75 Å². The molecule has 3 aromatic carbocycles. The molecule has 1 aliphatic rings. The van der Waals surface area contributed by atoms with Crippen LogP contribution in [-0.2, 0) is 45.7 Å². The second kappa shape index (κ2) is 13.1.